The summed E-state index contributed by atoms with van der Waals surface area (Å²) in [5.41, 5.74) is 8.03. The molecule has 1 aliphatic rings. The first-order valence-electron chi connectivity index (χ1n) is 12.1. The van der Waals surface area contributed by atoms with E-state index < -0.39 is 17.5 Å². The van der Waals surface area contributed by atoms with E-state index in [9.17, 15) is 14.4 Å². The van der Waals surface area contributed by atoms with Gasteiger partial charge in [0.25, 0.3) is 5.56 Å². The number of hydrogen-bond acceptors (Lipinski definition) is 5. The Balaban J connectivity index is 1.47. The lowest BCUT2D eigenvalue weighted by Crippen LogP contribution is -2.58. The van der Waals surface area contributed by atoms with Crippen molar-refractivity contribution in [2.75, 3.05) is 13.2 Å². The van der Waals surface area contributed by atoms with Crippen molar-refractivity contribution in [1.29, 1.82) is 0 Å². The average molecular weight is 492 g/mol. The molecule has 9 heteroatoms. The van der Waals surface area contributed by atoms with Crippen LogP contribution in [0.25, 0.3) is 0 Å². The predicted molar refractivity (Wildman–Crippen MR) is 136 cm³/mol. The Morgan fingerprint density at radius 2 is 1.72 bits per heavy atom. The maximum atomic E-state index is 13.5. The number of ether oxygens (including phenoxy) is 1. The van der Waals surface area contributed by atoms with E-state index in [1.807, 2.05) is 60.7 Å². The van der Waals surface area contributed by atoms with Crippen molar-refractivity contribution in [3.8, 4) is 0 Å². The Kier molecular flexibility index (Phi) is 7.71. The van der Waals surface area contributed by atoms with Crippen LogP contribution in [0.4, 0.5) is 0 Å². The number of aromatic nitrogens is 2. The van der Waals surface area contributed by atoms with Crippen molar-refractivity contribution < 1.29 is 14.3 Å². The summed E-state index contributed by atoms with van der Waals surface area (Å²) in [5.74, 6) is -0.754. The molecule has 0 radical (unpaired) electrons. The molecule has 1 unspecified atom stereocenters. The van der Waals surface area contributed by atoms with Crippen LogP contribution in [0.5, 0.6) is 0 Å². The third-order valence-electron chi connectivity index (χ3n) is 6.20. The first-order chi connectivity index (χ1) is 17.2. The van der Waals surface area contributed by atoms with E-state index in [1.165, 1.54) is 0 Å². The van der Waals surface area contributed by atoms with Gasteiger partial charge in [0.05, 0.1) is 37.4 Å². The SMILES string of the molecule is CC(C)(N)C(=O)NC(COCc1ccccc1)C(=O)N1CCc2[nH]n(Cc3ccccc3)c(=O)c2C1. The van der Waals surface area contributed by atoms with Gasteiger partial charge in [-0.05, 0) is 25.0 Å². The molecule has 0 spiro atoms. The number of aromatic amines is 1. The molecule has 1 aliphatic heterocycles. The van der Waals surface area contributed by atoms with Crippen LogP contribution in [-0.2, 0) is 40.4 Å². The van der Waals surface area contributed by atoms with Crippen molar-refractivity contribution in [2.45, 2.75) is 51.5 Å². The minimum Gasteiger partial charge on any atom is -0.374 e. The summed E-state index contributed by atoms with van der Waals surface area (Å²) in [7, 11) is 0. The van der Waals surface area contributed by atoms with Gasteiger partial charge in [-0.1, -0.05) is 60.7 Å². The van der Waals surface area contributed by atoms with Crippen LogP contribution in [0.1, 0.15) is 36.2 Å². The Labute approximate surface area is 210 Å². The minimum absolute atomic E-state index is 0.00964. The van der Waals surface area contributed by atoms with E-state index in [0.717, 1.165) is 16.8 Å². The molecular formula is C27H33N5O4. The van der Waals surface area contributed by atoms with Gasteiger partial charge in [-0.25, -0.2) is 4.68 Å². The highest BCUT2D eigenvalue weighted by molar-refractivity contribution is 5.91. The smallest absolute Gasteiger partial charge is 0.272 e. The largest absolute Gasteiger partial charge is 0.374 e. The van der Waals surface area contributed by atoms with Crippen molar-refractivity contribution in [2.24, 2.45) is 5.73 Å². The number of hydrogen-bond donors (Lipinski definition) is 3. The summed E-state index contributed by atoms with van der Waals surface area (Å²) in [5, 5.41) is 5.94. The van der Waals surface area contributed by atoms with Gasteiger partial charge in [0.2, 0.25) is 11.8 Å². The number of fused-ring (bicyclic) bond motifs is 1. The van der Waals surface area contributed by atoms with E-state index in [2.05, 4.69) is 10.4 Å². The van der Waals surface area contributed by atoms with Gasteiger partial charge in [-0.3, -0.25) is 19.5 Å². The zero-order valence-electron chi connectivity index (χ0n) is 20.7. The third kappa shape index (κ3) is 6.10. The van der Waals surface area contributed by atoms with Crippen LogP contribution in [0, 0.1) is 0 Å². The highest BCUT2D eigenvalue weighted by atomic mass is 16.5. The summed E-state index contributed by atoms with van der Waals surface area (Å²) in [6, 6.07) is 18.4. The average Bonchev–Trinajstić information content (AvgIpc) is 3.18. The van der Waals surface area contributed by atoms with Crippen molar-refractivity contribution >= 4 is 11.8 Å². The zero-order valence-corrected chi connectivity index (χ0v) is 20.7. The van der Waals surface area contributed by atoms with Gasteiger partial charge < -0.3 is 20.7 Å². The summed E-state index contributed by atoms with van der Waals surface area (Å²) in [6.45, 7) is 4.48. The number of amides is 2. The van der Waals surface area contributed by atoms with E-state index >= 15 is 0 Å². The fourth-order valence-electron chi connectivity index (χ4n) is 4.13. The molecule has 0 saturated carbocycles. The molecule has 0 saturated heterocycles. The van der Waals surface area contributed by atoms with Crippen LogP contribution in [-0.4, -0.2) is 51.2 Å². The van der Waals surface area contributed by atoms with E-state index in [1.54, 1.807) is 23.4 Å². The monoisotopic (exact) mass is 491 g/mol. The number of nitrogens with two attached hydrogens (primary N) is 1. The van der Waals surface area contributed by atoms with Crippen LogP contribution >= 0.6 is 0 Å². The molecule has 1 atom stereocenters. The van der Waals surface area contributed by atoms with E-state index in [4.69, 9.17) is 10.5 Å². The maximum absolute atomic E-state index is 13.5. The summed E-state index contributed by atoms with van der Waals surface area (Å²) >= 11 is 0. The minimum atomic E-state index is -1.15. The molecule has 0 fully saturated rings. The summed E-state index contributed by atoms with van der Waals surface area (Å²) < 4.78 is 7.37. The van der Waals surface area contributed by atoms with Gasteiger partial charge >= 0.3 is 0 Å². The molecule has 2 aromatic carbocycles. The second-order valence-electron chi connectivity index (χ2n) is 9.70. The molecule has 2 amide bonds. The Morgan fingerprint density at radius 3 is 2.36 bits per heavy atom. The quantitative estimate of drug-likeness (QED) is 0.419. The first-order valence-corrected chi connectivity index (χ1v) is 12.1. The predicted octanol–water partition coefficient (Wildman–Crippen LogP) is 1.55. The van der Waals surface area contributed by atoms with Gasteiger partial charge in [0, 0.05) is 18.7 Å². The van der Waals surface area contributed by atoms with Crippen LogP contribution in [0.15, 0.2) is 65.5 Å². The van der Waals surface area contributed by atoms with Crippen molar-refractivity contribution in [3.05, 3.63) is 93.4 Å². The lowest BCUT2D eigenvalue weighted by atomic mass is 10.0. The number of rotatable bonds is 9. The number of benzene rings is 2. The van der Waals surface area contributed by atoms with Crippen LogP contribution < -0.4 is 16.6 Å². The lowest BCUT2D eigenvalue weighted by molar-refractivity contribution is -0.140. The van der Waals surface area contributed by atoms with Crippen LogP contribution in [0.2, 0.25) is 0 Å². The number of carbonyl (C=O) groups excluding carboxylic acids is 2. The summed E-state index contributed by atoms with van der Waals surface area (Å²) in [4.78, 5) is 40.8. The highest BCUT2D eigenvalue weighted by Gasteiger charge is 2.33. The standard InChI is InChI=1S/C27H33N5O4/c1-27(2,28)26(35)29-23(18-36-17-20-11-7-4-8-12-20)25(34)31-14-13-22-21(16-31)24(33)32(30-22)15-19-9-5-3-6-10-19/h3-12,23,30H,13-18,28H2,1-2H3,(H,29,35). The van der Waals surface area contributed by atoms with Crippen LogP contribution in [0.3, 0.4) is 0 Å². The molecule has 4 rings (SSSR count). The number of carbonyl (C=O) groups is 2. The molecule has 0 aliphatic carbocycles. The van der Waals surface area contributed by atoms with Crippen molar-refractivity contribution in [1.82, 2.24) is 20.0 Å². The topological polar surface area (TPSA) is 122 Å². The van der Waals surface area contributed by atoms with E-state index in [0.29, 0.717) is 31.7 Å². The van der Waals surface area contributed by atoms with Gasteiger partial charge in [-0.15, -0.1) is 0 Å². The maximum Gasteiger partial charge on any atom is 0.272 e. The first kappa shape index (κ1) is 25.4. The number of nitrogens with zero attached hydrogens (tertiary/aromatic N) is 2. The van der Waals surface area contributed by atoms with E-state index in [-0.39, 0.29) is 24.6 Å². The molecule has 9 nitrogen and oxygen atoms in total. The molecule has 190 valence electrons. The molecule has 2 heterocycles. The Hall–Kier alpha value is -3.69. The Morgan fingerprint density at radius 1 is 1.08 bits per heavy atom. The highest BCUT2D eigenvalue weighted by Crippen LogP contribution is 2.16. The zero-order chi connectivity index (χ0) is 25.7. The Bertz CT molecular complexity index is 1240. The third-order valence-corrected chi connectivity index (χ3v) is 6.20. The fraction of sp³-hybridized carbons (Fsp3) is 0.370. The fourth-order valence-corrected chi connectivity index (χ4v) is 4.13. The van der Waals surface area contributed by atoms with Gasteiger partial charge in [0.15, 0.2) is 0 Å². The number of H-pyrrole nitrogens is 1. The molecule has 1 aromatic heterocycles. The molecular weight excluding hydrogens is 458 g/mol. The lowest BCUT2D eigenvalue weighted by Gasteiger charge is -2.31. The molecule has 0 bridgehead atoms. The van der Waals surface area contributed by atoms with Gasteiger partial charge in [0.1, 0.15) is 6.04 Å². The second-order valence-corrected chi connectivity index (χ2v) is 9.70. The molecule has 3 aromatic rings. The molecule has 36 heavy (non-hydrogen) atoms. The molecule has 4 N–H and O–H groups in total. The van der Waals surface area contributed by atoms with Crippen molar-refractivity contribution in [3.63, 3.8) is 0 Å². The number of nitrogens with one attached hydrogen (secondary N) is 2. The normalized spacial score (nSPS) is 14.2. The second kappa shape index (κ2) is 10.9. The van der Waals surface area contributed by atoms with Gasteiger partial charge in [-0.2, -0.15) is 0 Å². The summed E-state index contributed by atoms with van der Waals surface area (Å²) in [6.07, 6.45) is 0.520.